The summed E-state index contributed by atoms with van der Waals surface area (Å²) in [7, 11) is 1.79. The van der Waals surface area contributed by atoms with Crippen LogP contribution in [0.4, 0.5) is 17.1 Å². The Kier molecular flexibility index (Phi) is 4.94. The van der Waals surface area contributed by atoms with Crippen LogP contribution in [0.25, 0.3) is 11.3 Å². The molecule has 0 bridgehead atoms. The second-order valence-electron chi connectivity index (χ2n) is 6.78. The van der Waals surface area contributed by atoms with E-state index in [-0.39, 0.29) is 11.6 Å². The quantitative estimate of drug-likeness (QED) is 0.640. The number of pyridine rings is 1. The van der Waals surface area contributed by atoms with Crippen LogP contribution in [0.3, 0.4) is 0 Å². The number of nitrogens with zero attached hydrogens (tertiary/aromatic N) is 4. The van der Waals surface area contributed by atoms with Gasteiger partial charge in [-0.25, -0.2) is 4.98 Å². The zero-order chi connectivity index (χ0) is 19.5. The van der Waals surface area contributed by atoms with Crippen molar-refractivity contribution in [2.45, 2.75) is 0 Å². The van der Waals surface area contributed by atoms with E-state index in [9.17, 15) is 4.79 Å². The van der Waals surface area contributed by atoms with Gasteiger partial charge in [0.15, 0.2) is 5.69 Å². The van der Waals surface area contributed by atoms with Crippen LogP contribution in [0.1, 0.15) is 10.5 Å². The number of carbonyl (C=O) groups is 1. The topological polar surface area (TPSA) is 101 Å². The zero-order valence-corrected chi connectivity index (χ0v) is 15.7. The Balaban J connectivity index is 1.60. The van der Waals surface area contributed by atoms with Crippen LogP contribution < -0.4 is 21.3 Å². The Morgan fingerprint density at radius 2 is 2.04 bits per heavy atom. The summed E-state index contributed by atoms with van der Waals surface area (Å²) in [4.78, 5) is 19.5. The first-order chi connectivity index (χ1) is 13.6. The van der Waals surface area contributed by atoms with Gasteiger partial charge in [0.2, 0.25) is 0 Å². The van der Waals surface area contributed by atoms with Gasteiger partial charge in [0.25, 0.3) is 5.91 Å². The van der Waals surface area contributed by atoms with E-state index >= 15 is 0 Å². The van der Waals surface area contributed by atoms with Crippen molar-refractivity contribution in [2.75, 3.05) is 42.1 Å². The second kappa shape index (κ2) is 7.69. The van der Waals surface area contributed by atoms with E-state index < -0.39 is 0 Å². The van der Waals surface area contributed by atoms with Gasteiger partial charge < -0.3 is 21.3 Å². The molecule has 3 heterocycles. The molecule has 0 aliphatic carbocycles. The van der Waals surface area contributed by atoms with Crippen molar-refractivity contribution < 1.29 is 4.79 Å². The number of piperazine rings is 1. The summed E-state index contributed by atoms with van der Waals surface area (Å²) in [5, 5.41) is 10.2. The maximum atomic E-state index is 12.6. The normalized spacial score (nSPS) is 14.1. The largest absolute Gasteiger partial charge is 0.397 e. The van der Waals surface area contributed by atoms with E-state index in [0.717, 1.165) is 37.4 Å². The number of nitrogens with one attached hydrogen (secondary N) is 2. The van der Waals surface area contributed by atoms with Crippen LogP contribution in [0.5, 0.6) is 0 Å². The number of carbonyl (C=O) groups excluding carboxylic acids is 1. The number of nitrogens with two attached hydrogens (primary N) is 1. The van der Waals surface area contributed by atoms with Crippen LogP contribution in [-0.4, -0.2) is 46.9 Å². The Morgan fingerprint density at radius 3 is 2.79 bits per heavy atom. The summed E-state index contributed by atoms with van der Waals surface area (Å²) in [6, 6.07) is 11.8. The van der Waals surface area contributed by atoms with Gasteiger partial charge >= 0.3 is 0 Å². The van der Waals surface area contributed by atoms with Gasteiger partial charge in [-0.15, -0.1) is 0 Å². The molecular weight excluding hydrogens is 354 g/mol. The lowest BCUT2D eigenvalue weighted by Crippen LogP contribution is -2.43. The molecular formula is C20H23N7O. The number of nitrogen functional groups attached to an aromatic ring is 1. The first-order valence-corrected chi connectivity index (χ1v) is 9.23. The van der Waals surface area contributed by atoms with Crippen molar-refractivity contribution in [1.82, 2.24) is 20.1 Å². The predicted molar refractivity (Wildman–Crippen MR) is 110 cm³/mol. The Hall–Kier alpha value is -3.39. The third-order valence-electron chi connectivity index (χ3n) is 4.73. The molecule has 3 aromatic rings. The van der Waals surface area contributed by atoms with E-state index in [4.69, 9.17) is 5.73 Å². The van der Waals surface area contributed by atoms with Crippen LogP contribution >= 0.6 is 0 Å². The van der Waals surface area contributed by atoms with Crippen molar-refractivity contribution >= 4 is 23.0 Å². The third-order valence-corrected chi connectivity index (χ3v) is 4.73. The number of anilines is 3. The zero-order valence-electron chi connectivity index (χ0n) is 15.7. The highest BCUT2D eigenvalue weighted by atomic mass is 16.1. The number of amides is 1. The summed E-state index contributed by atoms with van der Waals surface area (Å²) in [6.45, 7) is 3.89. The molecule has 1 fully saturated rings. The summed E-state index contributed by atoms with van der Waals surface area (Å²) >= 11 is 0. The third kappa shape index (κ3) is 3.81. The van der Waals surface area contributed by atoms with Gasteiger partial charge in [-0.05, 0) is 24.3 Å². The predicted octanol–water partition coefficient (Wildman–Crippen LogP) is 1.73. The summed E-state index contributed by atoms with van der Waals surface area (Å²) in [6.07, 6.45) is 3.30. The van der Waals surface area contributed by atoms with Crippen LogP contribution in [0, 0.1) is 0 Å². The molecule has 144 valence electrons. The second-order valence-corrected chi connectivity index (χ2v) is 6.78. The van der Waals surface area contributed by atoms with Gasteiger partial charge in [-0.3, -0.25) is 9.48 Å². The monoisotopic (exact) mass is 377 g/mol. The average Bonchev–Trinajstić information content (AvgIpc) is 3.13. The van der Waals surface area contributed by atoms with E-state index in [1.807, 2.05) is 18.2 Å². The number of rotatable bonds is 4. The molecule has 0 atom stereocenters. The fourth-order valence-electron chi connectivity index (χ4n) is 3.27. The first-order valence-electron chi connectivity index (χ1n) is 9.23. The molecule has 4 N–H and O–H groups in total. The molecule has 8 heteroatoms. The number of benzene rings is 1. The van der Waals surface area contributed by atoms with Crippen molar-refractivity contribution in [2.24, 2.45) is 7.05 Å². The maximum absolute atomic E-state index is 12.6. The van der Waals surface area contributed by atoms with Gasteiger partial charge in [0, 0.05) is 50.7 Å². The summed E-state index contributed by atoms with van der Waals surface area (Å²) in [5.41, 5.74) is 9.96. The molecule has 1 aliphatic rings. The van der Waals surface area contributed by atoms with Crippen LogP contribution in [0.2, 0.25) is 0 Å². The van der Waals surface area contributed by atoms with E-state index in [0.29, 0.717) is 17.1 Å². The van der Waals surface area contributed by atoms with E-state index in [2.05, 4.69) is 37.7 Å². The van der Waals surface area contributed by atoms with Crippen molar-refractivity contribution in [3.05, 3.63) is 54.5 Å². The number of hydrogen-bond acceptors (Lipinski definition) is 6. The highest BCUT2D eigenvalue weighted by Crippen LogP contribution is 2.25. The summed E-state index contributed by atoms with van der Waals surface area (Å²) in [5.74, 6) is -0.356. The Labute approximate surface area is 163 Å². The highest BCUT2D eigenvalue weighted by Gasteiger charge is 2.16. The molecule has 1 aliphatic heterocycles. The smallest absolute Gasteiger partial charge is 0.276 e. The lowest BCUT2D eigenvalue weighted by molar-refractivity contribution is 0.102. The minimum atomic E-state index is -0.356. The number of aryl methyl sites for hydroxylation is 1. The van der Waals surface area contributed by atoms with Gasteiger partial charge in [-0.2, -0.15) is 5.10 Å². The lowest BCUT2D eigenvalue weighted by atomic mass is 10.1. The minimum Gasteiger partial charge on any atom is -0.397 e. The fourth-order valence-corrected chi connectivity index (χ4v) is 3.27. The summed E-state index contributed by atoms with van der Waals surface area (Å²) < 4.78 is 1.62. The minimum absolute atomic E-state index is 0.203. The first kappa shape index (κ1) is 18.0. The van der Waals surface area contributed by atoms with Crippen LogP contribution in [-0.2, 0) is 7.05 Å². The number of hydrogen-bond donors (Lipinski definition) is 3. The molecule has 0 radical (unpaired) electrons. The van der Waals surface area contributed by atoms with Gasteiger partial charge in [0.1, 0.15) is 0 Å². The molecule has 1 saturated heterocycles. The van der Waals surface area contributed by atoms with E-state index in [1.165, 1.54) is 0 Å². The standard InChI is InChI=1S/C20H23N7O/c1-26-13-15(12-23-26)24-20(28)19-17(21)5-6-18(25-19)14-3-2-4-16(11-14)27-9-7-22-8-10-27/h2-6,11-13,22H,7-10,21H2,1H3,(H,24,28). The molecule has 1 amide bonds. The molecule has 28 heavy (non-hydrogen) atoms. The SMILES string of the molecule is Cn1cc(NC(=O)c2nc(-c3cccc(N4CCNCC4)c3)ccc2N)cn1. The maximum Gasteiger partial charge on any atom is 0.276 e. The number of aromatic nitrogens is 3. The van der Waals surface area contributed by atoms with Crippen molar-refractivity contribution in [1.29, 1.82) is 0 Å². The molecule has 4 rings (SSSR count). The molecule has 0 saturated carbocycles. The Morgan fingerprint density at radius 1 is 1.21 bits per heavy atom. The van der Waals surface area contributed by atoms with Crippen molar-refractivity contribution in [3.8, 4) is 11.3 Å². The van der Waals surface area contributed by atoms with E-state index in [1.54, 1.807) is 30.2 Å². The molecule has 0 spiro atoms. The molecule has 2 aromatic heterocycles. The highest BCUT2D eigenvalue weighted by molar-refractivity contribution is 6.06. The average molecular weight is 377 g/mol. The lowest BCUT2D eigenvalue weighted by Gasteiger charge is -2.29. The van der Waals surface area contributed by atoms with Crippen molar-refractivity contribution in [3.63, 3.8) is 0 Å². The molecule has 1 aromatic carbocycles. The van der Waals surface area contributed by atoms with Gasteiger partial charge in [-0.1, -0.05) is 12.1 Å². The fraction of sp³-hybridized carbons (Fsp3) is 0.250. The molecule has 8 nitrogen and oxygen atoms in total. The van der Waals surface area contributed by atoms with Crippen LogP contribution in [0.15, 0.2) is 48.8 Å². The molecule has 0 unspecified atom stereocenters. The van der Waals surface area contributed by atoms with Gasteiger partial charge in [0.05, 0.1) is 23.3 Å². The Bertz CT molecular complexity index is 992.